The van der Waals surface area contributed by atoms with Crippen LogP contribution in [0.25, 0.3) is 6.08 Å². The Labute approximate surface area is 173 Å². The zero-order valence-corrected chi connectivity index (χ0v) is 16.4. The van der Waals surface area contributed by atoms with Gasteiger partial charge in [-0.2, -0.15) is 0 Å². The number of carboxylic acids is 1. The van der Waals surface area contributed by atoms with E-state index in [1.165, 1.54) is 35.7 Å². The van der Waals surface area contributed by atoms with Crippen LogP contribution in [0, 0.1) is 0 Å². The molecule has 1 aromatic carbocycles. The zero-order chi connectivity index (χ0) is 20.2. The first-order chi connectivity index (χ1) is 14.1. The Hall–Kier alpha value is -3.30. The summed E-state index contributed by atoms with van der Waals surface area (Å²) in [6.45, 7) is 0. The number of pyridine rings is 1. The number of nitrogens with zero attached hydrogens (tertiary/aromatic N) is 2. The van der Waals surface area contributed by atoms with E-state index in [-0.39, 0.29) is 11.5 Å². The van der Waals surface area contributed by atoms with Gasteiger partial charge in [-0.25, -0.2) is 14.8 Å². The highest BCUT2D eigenvalue weighted by atomic mass is 32.2. The summed E-state index contributed by atoms with van der Waals surface area (Å²) < 4.78 is 5.74. The summed E-state index contributed by atoms with van der Waals surface area (Å²) in [5.74, 6) is -0.726. The fourth-order valence-corrected chi connectivity index (χ4v) is 3.95. The van der Waals surface area contributed by atoms with Gasteiger partial charge in [-0.05, 0) is 72.1 Å². The molecule has 1 aliphatic heterocycles. The SMILES string of the molecule is O=C1NC(=Nc2ccc(C(=O)O)cc2)S/C1=C\c1ccc(Sc2ccccn2)o1. The molecule has 7 nitrogen and oxygen atoms in total. The number of amides is 1. The van der Waals surface area contributed by atoms with E-state index in [0.717, 1.165) is 5.03 Å². The van der Waals surface area contributed by atoms with Crippen molar-refractivity contribution in [3.05, 3.63) is 77.0 Å². The lowest BCUT2D eigenvalue weighted by molar-refractivity contribution is -0.115. The molecule has 29 heavy (non-hydrogen) atoms. The van der Waals surface area contributed by atoms with E-state index in [2.05, 4.69) is 15.3 Å². The molecular weight excluding hydrogens is 410 g/mol. The maximum absolute atomic E-state index is 12.2. The van der Waals surface area contributed by atoms with E-state index < -0.39 is 5.97 Å². The van der Waals surface area contributed by atoms with E-state index in [4.69, 9.17) is 9.52 Å². The Kier molecular flexibility index (Phi) is 5.50. The molecule has 0 unspecified atom stereocenters. The highest BCUT2D eigenvalue weighted by molar-refractivity contribution is 8.18. The fraction of sp³-hybridized carbons (Fsp3) is 0. The van der Waals surface area contributed by atoms with Crippen molar-refractivity contribution in [2.45, 2.75) is 10.1 Å². The van der Waals surface area contributed by atoms with Crippen molar-refractivity contribution in [2.75, 3.05) is 0 Å². The summed E-state index contributed by atoms with van der Waals surface area (Å²) in [4.78, 5) is 32.1. The van der Waals surface area contributed by atoms with Gasteiger partial charge < -0.3 is 14.8 Å². The maximum atomic E-state index is 12.2. The number of rotatable bonds is 5. The van der Waals surface area contributed by atoms with Gasteiger partial charge in [0.2, 0.25) is 0 Å². The molecule has 2 aromatic heterocycles. The van der Waals surface area contributed by atoms with Gasteiger partial charge in [-0.15, -0.1) is 0 Å². The van der Waals surface area contributed by atoms with Crippen molar-refractivity contribution in [1.82, 2.24) is 10.3 Å². The molecule has 0 bridgehead atoms. The molecule has 0 spiro atoms. The number of aromatic carboxylic acids is 1. The highest BCUT2D eigenvalue weighted by Gasteiger charge is 2.24. The third kappa shape index (κ3) is 4.76. The number of carbonyl (C=O) groups excluding carboxylic acids is 1. The first-order valence-electron chi connectivity index (χ1n) is 8.38. The summed E-state index contributed by atoms with van der Waals surface area (Å²) in [5, 5.41) is 13.5. The molecule has 0 aliphatic carbocycles. The number of furan rings is 1. The van der Waals surface area contributed by atoms with Crippen molar-refractivity contribution in [3.63, 3.8) is 0 Å². The molecule has 1 aliphatic rings. The molecule has 1 amide bonds. The smallest absolute Gasteiger partial charge is 0.335 e. The molecule has 3 heterocycles. The number of nitrogens with one attached hydrogen (secondary N) is 1. The van der Waals surface area contributed by atoms with Gasteiger partial charge in [0.1, 0.15) is 10.8 Å². The molecule has 1 saturated heterocycles. The van der Waals surface area contributed by atoms with Gasteiger partial charge in [0.25, 0.3) is 5.91 Å². The average molecular weight is 423 g/mol. The number of thioether (sulfide) groups is 1. The molecule has 2 N–H and O–H groups in total. The Balaban J connectivity index is 1.46. The van der Waals surface area contributed by atoms with Crippen molar-refractivity contribution in [1.29, 1.82) is 0 Å². The highest BCUT2D eigenvalue weighted by Crippen LogP contribution is 2.31. The van der Waals surface area contributed by atoms with E-state index in [9.17, 15) is 9.59 Å². The standard InChI is InChI=1S/C20H13N3O4S2/c24-18-15(11-14-8-9-17(27-14)29-16-3-1-2-10-21-16)28-20(23-18)22-13-6-4-12(5-7-13)19(25)26/h1-11H,(H,25,26)(H,22,23,24)/b15-11-. The molecule has 0 atom stereocenters. The Morgan fingerprint density at radius 1 is 1.17 bits per heavy atom. The predicted octanol–water partition coefficient (Wildman–Crippen LogP) is 4.42. The van der Waals surface area contributed by atoms with Crippen LogP contribution in [0.1, 0.15) is 16.1 Å². The minimum atomic E-state index is -1.00. The third-order valence-electron chi connectivity index (χ3n) is 3.71. The van der Waals surface area contributed by atoms with Gasteiger partial charge in [-0.1, -0.05) is 6.07 Å². The van der Waals surface area contributed by atoms with Crippen molar-refractivity contribution in [2.24, 2.45) is 4.99 Å². The zero-order valence-electron chi connectivity index (χ0n) is 14.7. The molecule has 144 valence electrons. The van der Waals surface area contributed by atoms with Gasteiger partial charge in [0.05, 0.1) is 16.2 Å². The van der Waals surface area contributed by atoms with Crippen LogP contribution >= 0.6 is 23.5 Å². The van der Waals surface area contributed by atoms with Crippen molar-refractivity contribution >= 4 is 52.3 Å². The second-order valence-electron chi connectivity index (χ2n) is 5.76. The van der Waals surface area contributed by atoms with Gasteiger partial charge in [0, 0.05) is 12.3 Å². The minimum absolute atomic E-state index is 0.176. The predicted molar refractivity (Wildman–Crippen MR) is 111 cm³/mol. The van der Waals surface area contributed by atoms with Gasteiger partial charge in [-0.3, -0.25) is 4.79 Å². The number of hydrogen-bond acceptors (Lipinski definition) is 7. The summed E-state index contributed by atoms with van der Waals surface area (Å²) in [6, 6.07) is 15.3. The Morgan fingerprint density at radius 2 is 2.00 bits per heavy atom. The lowest BCUT2D eigenvalue weighted by atomic mass is 10.2. The van der Waals surface area contributed by atoms with Crippen LogP contribution in [0.2, 0.25) is 0 Å². The first-order valence-corrected chi connectivity index (χ1v) is 10.0. The Morgan fingerprint density at radius 3 is 2.72 bits per heavy atom. The molecule has 0 radical (unpaired) electrons. The number of carboxylic acid groups (broad SMARTS) is 1. The number of aromatic nitrogens is 1. The fourth-order valence-electron chi connectivity index (χ4n) is 2.38. The van der Waals surface area contributed by atoms with Crippen LogP contribution in [-0.2, 0) is 4.79 Å². The lowest BCUT2D eigenvalue weighted by Gasteiger charge is -1.97. The minimum Gasteiger partial charge on any atom is -0.478 e. The molecule has 1 fully saturated rings. The number of benzene rings is 1. The second kappa shape index (κ2) is 8.38. The number of carbonyl (C=O) groups is 2. The topological polar surface area (TPSA) is 105 Å². The van der Waals surface area contributed by atoms with Gasteiger partial charge >= 0.3 is 5.97 Å². The summed E-state index contributed by atoms with van der Waals surface area (Å²) in [7, 11) is 0. The molecular formula is C20H13N3O4S2. The summed E-state index contributed by atoms with van der Waals surface area (Å²) in [5.41, 5.74) is 0.723. The van der Waals surface area contributed by atoms with Crippen LogP contribution in [0.15, 0.2) is 85.2 Å². The van der Waals surface area contributed by atoms with Gasteiger partial charge in [0.15, 0.2) is 10.3 Å². The maximum Gasteiger partial charge on any atom is 0.335 e. The molecule has 9 heteroatoms. The molecule has 0 saturated carbocycles. The lowest BCUT2D eigenvalue weighted by Crippen LogP contribution is -2.19. The van der Waals surface area contributed by atoms with Crippen molar-refractivity contribution in [3.8, 4) is 0 Å². The quantitative estimate of drug-likeness (QED) is 0.586. The van der Waals surface area contributed by atoms with Crippen LogP contribution in [-0.4, -0.2) is 27.1 Å². The van der Waals surface area contributed by atoms with Crippen LogP contribution in [0.3, 0.4) is 0 Å². The first kappa shape index (κ1) is 19.0. The van der Waals surface area contributed by atoms with E-state index >= 15 is 0 Å². The third-order valence-corrected chi connectivity index (χ3v) is 5.50. The largest absolute Gasteiger partial charge is 0.478 e. The van der Waals surface area contributed by atoms with E-state index in [1.807, 2.05) is 24.3 Å². The van der Waals surface area contributed by atoms with E-state index in [1.54, 1.807) is 30.5 Å². The van der Waals surface area contributed by atoms with Crippen LogP contribution in [0.4, 0.5) is 5.69 Å². The summed E-state index contributed by atoms with van der Waals surface area (Å²) >= 11 is 2.58. The number of amidine groups is 1. The molecule has 4 rings (SSSR count). The number of hydrogen-bond donors (Lipinski definition) is 2. The van der Waals surface area contributed by atoms with Crippen molar-refractivity contribution < 1.29 is 19.1 Å². The van der Waals surface area contributed by atoms with Crippen LogP contribution < -0.4 is 5.32 Å². The summed E-state index contributed by atoms with van der Waals surface area (Å²) in [6.07, 6.45) is 3.36. The number of aliphatic imine (C=N–C) groups is 1. The Bertz CT molecular complexity index is 1120. The average Bonchev–Trinajstić information content (AvgIpc) is 3.29. The monoisotopic (exact) mass is 423 g/mol. The normalized spacial score (nSPS) is 16.3. The second-order valence-corrected chi connectivity index (χ2v) is 7.82. The molecule has 3 aromatic rings. The van der Waals surface area contributed by atoms with E-state index in [0.29, 0.717) is 26.6 Å². The van der Waals surface area contributed by atoms with Crippen LogP contribution in [0.5, 0.6) is 0 Å².